The summed E-state index contributed by atoms with van der Waals surface area (Å²) >= 11 is 0. The lowest BCUT2D eigenvalue weighted by Crippen LogP contribution is -2.45. The van der Waals surface area contributed by atoms with Crippen LogP contribution in [0.4, 0.5) is 16.4 Å². The Morgan fingerprint density at radius 3 is 2.58 bits per heavy atom. The van der Waals surface area contributed by atoms with Crippen molar-refractivity contribution in [1.29, 1.82) is 0 Å². The molecule has 1 saturated heterocycles. The molecule has 10 nitrogen and oxygen atoms in total. The van der Waals surface area contributed by atoms with Crippen LogP contribution in [-0.4, -0.2) is 55.4 Å². The number of carbonyl (C=O) groups excluding carboxylic acids is 2. The molecular weight excluding hydrogens is 506 g/mol. The van der Waals surface area contributed by atoms with Crippen LogP contribution < -0.4 is 11.1 Å². The molecule has 3 N–H and O–H groups in total. The van der Waals surface area contributed by atoms with E-state index < -0.39 is 0 Å². The summed E-state index contributed by atoms with van der Waals surface area (Å²) in [6.45, 7) is 4.70. The second-order valence-electron chi connectivity index (χ2n) is 10.6. The molecule has 2 fully saturated rings. The summed E-state index contributed by atoms with van der Waals surface area (Å²) in [7, 11) is 0. The van der Waals surface area contributed by atoms with E-state index in [1.54, 1.807) is 29.4 Å². The zero-order valence-corrected chi connectivity index (χ0v) is 22.7. The summed E-state index contributed by atoms with van der Waals surface area (Å²) in [5, 5.41) is 2.91. The van der Waals surface area contributed by atoms with Crippen molar-refractivity contribution in [2.45, 2.75) is 57.4 Å². The van der Waals surface area contributed by atoms with Crippen molar-refractivity contribution in [3.63, 3.8) is 0 Å². The van der Waals surface area contributed by atoms with E-state index in [9.17, 15) is 9.59 Å². The number of hydrogen-bond acceptors (Lipinski definition) is 7. The van der Waals surface area contributed by atoms with Crippen LogP contribution in [0.15, 0.2) is 55.0 Å². The third kappa shape index (κ3) is 4.97. The molecule has 0 spiro atoms. The lowest BCUT2D eigenvalue weighted by atomic mass is 9.93. The maximum absolute atomic E-state index is 13.0. The van der Waals surface area contributed by atoms with Gasteiger partial charge in [-0.15, -0.1) is 0 Å². The van der Waals surface area contributed by atoms with Gasteiger partial charge in [-0.3, -0.25) is 9.20 Å². The Morgan fingerprint density at radius 2 is 1.82 bits per heavy atom. The lowest BCUT2D eigenvalue weighted by Gasteiger charge is -2.36. The molecule has 4 heterocycles. The molecule has 1 saturated carbocycles. The van der Waals surface area contributed by atoms with Gasteiger partial charge in [-0.05, 0) is 75.3 Å². The molecule has 0 radical (unpaired) electrons. The van der Waals surface area contributed by atoms with Gasteiger partial charge in [0.25, 0.3) is 5.91 Å². The number of pyridine rings is 1. The van der Waals surface area contributed by atoms with Gasteiger partial charge in [0.05, 0.1) is 6.61 Å². The van der Waals surface area contributed by atoms with Crippen LogP contribution in [0.1, 0.15) is 73.1 Å². The number of amides is 2. The number of rotatable bonds is 6. The highest BCUT2D eigenvalue weighted by molar-refractivity contribution is 6.04. The number of hydrogen-bond donors (Lipinski definition) is 2. The highest BCUT2D eigenvalue weighted by Gasteiger charge is 2.33. The number of imidazole rings is 1. The number of nitrogen functional groups attached to an aromatic ring is 1. The predicted octanol–water partition coefficient (Wildman–Crippen LogP) is 5.23. The molecule has 0 bridgehead atoms. The average molecular weight is 540 g/mol. The topological polar surface area (TPSA) is 128 Å². The van der Waals surface area contributed by atoms with E-state index in [0.717, 1.165) is 24.2 Å². The van der Waals surface area contributed by atoms with Crippen molar-refractivity contribution < 1.29 is 14.3 Å². The number of nitrogens with one attached hydrogen (secondary N) is 1. The van der Waals surface area contributed by atoms with Crippen LogP contribution in [0.3, 0.4) is 0 Å². The minimum atomic E-state index is -0.301. The summed E-state index contributed by atoms with van der Waals surface area (Å²) in [6.07, 6.45) is 9.06. The normalized spacial score (nSPS) is 19.0. The molecule has 4 aromatic rings. The quantitative estimate of drug-likeness (QED) is 0.343. The first-order valence-electron chi connectivity index (χ1n) is 13.9. The van der Waals surface area contributed by atoms with Crippen molar-refractivity contribution in [1.82, 2.24) is 24.3 Å². The van der Waals surface area contributed by atoms with E-state index in [1.807, 2.05) is 48.7 Å². The van der Waals surface area contributed by atoms with Gasteiger partial charge in [0.2, 0.25) is 0 Å². The fourth-order valence-electron chi connectivity index (χ4n) is 5.51. The summed E-state index contributed by atoms with van der Waals surface area (Å²) in [5.74, 6) is 2.11. The van der Waals surface area contributed by atoms with Crippen molar-refractivity contribution in [3.8, 4) is 11.3 Å². The van der Waals surface area contributed by atoms with Gasteiger partial charge >= 0.3 is 6.09 Å². The van der Waals surface area contributed by atoms with E-state index in [2.05, 4.69) is 15.3 Å². The molecule has 40 heavy (non-hydrogen) atoms. The van der Waals surface area contributed by atoms with Crippen LogP contribution in [-0.2, 0) is 4.74 Å². The van der Waals surface area contributed by atoms with Crippen molar-refractivity contribution in [2.24, 2.45) is 0 Å². The Labute approximate surface area is 232 Å². The highest BCUT2D eigenvalue weighted by atomic mass is 16.6. The summed E-state index contributed by atoms with van der Waals surface area (Å²) in [4.78, 5) is 41.0. The Balaban J connectivity index is 1.27. The van der Waals surface area contributed by atoms with E-state index in [4.69, 9.17) is 15.5 Å². The SMILES string of the molecule is CCOC(=O)N1C[C@H](c2nc(-c3ccc(C(=O)Nc4cc(C5CC5)ccn4)cc3)c3c(N)nccn23)CC[C@@H]1C. The molecule has 206 valence electrons. The van der Waals surface area contributed by atoms with E-state index in [1.165, 1.54) is 18.4 Å². The van der Waals surface area contributed by atoms with Gasteiger partial charge < -0.3 is 20.7 Å². The Hall–Kier alpha value is -4.47. The number of carbonyl (C=O) groups is 2. The molecule has 1 aromatic carbocycles. The largest absolute Gasteiger partial charge is 0.450 e. The number of likely N-dealkylation sites (tertiary alicyclic amines) is 1. The first-order chi connectivity index (χ1) is 19.4. The van der Waals surface area contributed by atoms with E-state index >= 15 is 0 Å². The van der Waals surface area contributed by atoms with Gasteiger partial charge in [0, 0.05) is 48.2 Å². The lowest BCUT2D eigenvalue weighted by molar-refractivity contribution is 0.0752. The van der Waals surface area contributed by atoms with Gasteiger partial charge in [-0.2, -0.15) is 0 Å². The van der Waals surface area contributed by atoms with Crippen LogP contribution in [0.5, 0.6) is 0 Å². The average Bonchev–Trinajstić information content (AvgIpc) is 3.74. The number of nitrogens with two attached hydrogens (primary N) is 1. The van der Waals surface area contributed by atoms with Crippen LogP contribution in [0.2, 0.25) is 0 Å². The minimum Gasteiger partial charge on any atom is -0.450 e. The standard InChI is InChI=1S/C30H33N7O3/c1-3-40-30(39)37-17-23(5-4-18(37)2)28-35-25(26-27(31)33-14-15-36(26)28)20-8-10-21(11-9-20)29(38)34-24-16-22(12-13-32-24)19-6-7-19/h8-16,18-19,23H,3-7,17H2,1-2H3,(H2,31,33)(H,32,34,38)/t18-,23+/m0/s1. The monoisotopic (exact) mass is 539 g/mol. The fourth-order valence-corrected chi connectivity index (χ4v) is 5.51. The van der Waals surface area contributed by atoms with Gasteiger partial charge in [-0.1, -0.05) is 12.1 Å². The third-order valence-electron chi connectivity index (χ3n) is 7.85. The zero-order chi connectivity index (χ0) is 27.8. The molecule has 0 unspecified atom stereocenters. The second kappa shape index (κ2) is 10.6. The van der Waals surface area contributed by atoms with Crippen molar-refractivity contribution in [3.05, 3.63) is 71.9 Å². The summed E-state index contributed by atoms with van der Waals surface area (Å²) < 4.78 is 7.27. The number of piperidine rings is 1. The Kier molecular flexibility index (Phi) is 6.83. The van der Waals surface area contributed by atoms with Crippen LogP contribution >= 0.6 is 0 Å². The molecule has 2 atom stereocenters. The van der Waals surface area contributed by atoms with E-state index in [-0.39, 0.29) is 24.0 Å². The maximum Gasteiger partial charge on any atom is 0.410 e. The van der Waals surface area contributed by atoms with Gasteiger partial charge in [0.1, 0.15) is 28.7 Å². The molecule has 1 aliphatic heterocycles. The molecule has 3 aromatic heterocycles. The molecule has 2 amide bonds. The van der Waals surface area contributed by atoms with E-state index in [0.29, 0.717) is 47.5 Å². The van der Waals surface area contributed by atoms with Crippen LogP contribution in [0.25, 0.3) is 16.8 Å². The smallest absolute Gasteiger partial charge is 0.410 e. The highest BCUT2D eigenvalue weighted by Crippen LogP contribution is 2.40. The number of benzene rings is 1. The molecule has 6 rings (SSSR count). The molecule has 1 aliphatic carbocycles. The maximum atomic E-state index is 13.0. The zero-order valence-electron chi connectivity index (χ0n) is 22.7. The number of nitrogens with zero attached hydrogens (tertiary/aromatic N) is 5. The first-order valence-corrected chi connectivity index (χ1v) is 13.9. The Bertz CT molecular complexity index is 1560. The third-order valence-corrected chi connectivity index (χ3v) is 7.85. The summed E-state index contributed by atoms with van der Waals surface area (Å²) in [5.41, 5.74) is 10.3. The predicted molar refractivity (Wildman–Crippen MR) is 152 cm³/mol. The molecule has 10 heteroatoms. The summed E-state index contributed by atoms with van der Waals surface area (Å²) in [6, 6.07) is 11.3. The number of fused-ring (bicyclic) bond motifs is 1. The fraction of sp³-hybridized carbons (Fsp3) is 0.367. The molecular formula is C30H33N7O3. The molecule has 2 aliphatic rings. The van der Waals surface area contributed by atoms with Gasteiger partial charge in [-0.25, -0.2) is 19.7 Å². The first kappa shape index (κ1) is 25.8. The van der Waals surface area contributed by atoms with Crippen LogP contribution in [0, 0.1) is 0 Å². The van der Waals surface area contributed by atoms with Gasteiger partial charge in [0.15, 0.2) is 0 Å². The minimum absolute atomic E-state index is 0.00705. The van der Waals surface area contributed by atoms with Crippen molar-refractivity contribution >= 4 is 29.2 Å². The van der Waals surface area contributed by atoms with Crippen molar-refractivity contribution in [2.75, 3.05) is 24.2 Å². The second-order valence-corrected chi connectivity index (χ2v) is 10.6. The Morgan fingerprint density at radius 1 is 1.05 bits per heavy atom. The number of aromatic nitrogens is 4. The number of ether oxygens (including phenoxy) is 1. The number of anilines is 2.